The van der Waals surface area contributed by atoms with Gasteiger partial charge in [-0.25, -0.2) is 4.98 Å². The Hall–Kier alpha value is -3.37. The number of aromatic nitrogens is 3. The van der Waals surface area contributed by atoms with E-state index in [0.717, 1.165) is 16.0 Å². The molecular weight excluding hydrogens is 332 g/mol. The van der Waals surface area contributed by atoms with Gasteiger partial charge in [-0.3, -0.25) is 0 Å². The predicted octanol–water partition coefficient (Wildman–Crippen LogP) is 3.08. The van der Waals surface area contributed by atoms with Crippen molar-refractivity contribution >= 4 is 28.6 Å². The molecule has 0 atom stereocenters. The van der Waals surface area contributed by atoms with Crippen LogP contribution in [0.1, 0.15) is 16.0 Å². The van der Waals surface area contributed by atoms with Crippen molar-refractivity contribution in [3.05, 3.63) is 63.8 Å². The number of nitriles is 1. The Morgan fingerprint density at radius 3 is 2.60 bits per heavy atom. The van der Waals surface area contributed by atoms with Crippen LogP contribution in [0, 0.1) is 11.3 Å². The van der Waals surface area contributed by atoms with Crippen LogP contribution in [0.15, 0.2) is 47.8 Å². The molecule has 3 aromatic heterocycles. The quantitative estimate of drug-likeness (QED) is 0.593. The van der Waals surface area contributed by atoms with Gasteiger partial charge in [0.1, 0.15) is 17.5 Å². The Morgan fingerprint density at radius 2 is 1.92 bits per heavy atom. The summed E-state index contributed by atoms with van der Waals surface area (Å²) in [6, 6.07) is 15.7. The average Bonchev–Trinajstić information content (AvgIpc) is 3.25. The number of thiophene rings is 1. The van der Waals surface area contributed by atoms with Gasteiger partial charge in [0.05, 0.1) is 5.69 Å². The number of fused-ring (bicyclic) bond motifs is 1. The first-order valence-corrected chi connectivity index (χ1v) is 8.51. The normalized spacial score (nSPS) is 10.8. The van der Waals surface area contributed by atoms with Gasteiger partial charge in [-0.05, 0) is 11.4 Å². The van der Waals surface area contributed by atoms with Crippen molar-refractivity contribution in [3.8, 4) is 17.3 Å². The van der Waals surface area contributed by atoms with E-state index in [0.29, 0.717) is 29.1 Å². The van der Waals surface area contributed by atoms with Crippen LogP contribution in [0.5, 0.6) is 0 Å². The first-order chi connectivity index (χ1) is 12.2. The summed E-state index contributed by atoms with van der Waals surface area (Å²) in [4.78, 5) is 5.86. The predicted molar refractivity (Wildman–Crippen MR) is 99.1 cm³/mol. The lowest BCUT2D eigenvalue weighted by Crippen LogP contribution is -2.06. The molecule has 25 heavy (non-hydrogen) atoms. The Morgan fingerprint density at radius 1 is 1.12 bits per heavy atom. The fourth-order valence-electron chi connectivity index (χ4n) is 2.80. The third-order valence-corrected chi connectivity index (χ3v) is 4.89. The minimum Gasteiger partial charge on any atom is -0.382 e. The van der Waals surface area contributed by atoms with Crippen molar-refractivity contribution in [2.45, 2.75) is 6.42 Å². The van der Waals surface area contributed by atoms with Gasteiger partial charge in [0.25, 0.3) is 0 Å². The van der Waals surface area contributed by atoms with Crippen molar-refractivity contribution < 1.29 is 0 Å². The highest BCUT2D eigenvalue weighted by atomic mass is 32.1. The molecule has 0 spiro atoms. The molecule has 0 fully saturated rings. The van der Waals surface area contributed by atoms with Crippen LogP contribution in [-0.4, -0.2) is 14.6 Å². The summed E-state index contributed by atoms with van der Waals surface area (Å²) in [7, 11) is 0. The second-order valence-electron chi connectivity index (χ2n) is 5.55. The van der Waals surface area contributed by atoms with Gasteiger partial charge in [-0.15, -0.1) is 16.4 Å². The molecule has 0 unspecified atom stereocenters. The molecule has 122 valence electrons. The zero-order valence-electron chi connectivity index (χ0n) is 13.2. The van der Waals surface area contributed by atoms with Gasteiger partial charge in [0.15, 0.2) is 11.5 Å². The molecule has 0 aliphatic carbocycles. The fraction of sp³-hybridized carbons (Fsp3) is 0.0556. The van der Waals surface area contributed by atoms with E-state index in [1.54, 1.807) is 11.3 Å². The molecule has 7 heteroatoms. The maximum absolute atomic E-state index is 9.56. The van der Waals surface area contributed by atoms with E-state index in [-0.39, 0.29) is 5.82 Å². The maximum Gasteiger partial charge on any atom is 0.163 e. The molecule has 0 aliphatic heterocycles. The van der Waals surface area contributed by atoms with E-state index in [9.17, 15) is 5.26 Å². The van der Waals surface area contributed by atoms with Crippen molar-refractivity contribution in [1.29, 1.82) is 5.26 Å². The van der Waals surface area contributed by atoms with Gasteiger partial charge >= 0.3 is 0 Å². The summed E-state index contributed by atoms with van der Waals surface area (Å²) in [5, 5.41) is 15.9. The number of nitrogen functional groups attached to an aromatic ring is 2. The lowest BCUT2D eigenvalue weighted by Gasteiger charge is -2.08. The summed E-state index contributed by atoms with van der Waals surface area (Å²) < 4.78 is 1.46. The van der Waals surface area contributed by atoms with Crippen LogP contribution in [-0.2, 0) is 6.42 Å². The van der Waals surface area contributed by atoms with Gasteiger partial charge in [-0.2, -0.15) is 9.78 Å². The summed E-state index contributed by atoms with van der Waals surface area (Å²) in [5.41, 5.74) is 15.4. The third-order valence-electron chi connectivity index (χ3n) is 4.02. The van der Waals surface area contributed by atoms with E-state index in [4.69, 9.17) is 16.5 Å². The fourth-order valence-corrected chi connectivity index (χ4v) is 3.52. The Bertz CT molecular complexity index is 1090. The highest BCUT2D eigenvalue weighted by Crippen LogP contribution is 2.30. The molecule has 4 N–H and O–H groups in total. The Kier molecular flexibility index (Phi) is 3.60. The molecule has 6 nitrogen and oxygen atoms in total. The number of anilines is 2. The number of nitrogens with zero attached hydrogens (tertiary/aromatic N) is 4. The average molecular weight is 346 g/mol. The van der Waals surface area contributed by atoms with Crippen LogP contribution >= 0.6 is 11.3 Å². The molecule has 3 heterocycles. The van der Waals surface area contributed by atoms with Gasteiger partial charge < -0.3 is 11.5 Å². The number of benzene rings is 1. The SMILES string of the molecule is N#Cc1c(-c2ccccc2)nc2c(Cc3cccs3)c(N)nn2c1N. The zero-order chi connectivity index (χ0) is 17.4. The van der Waals surface area contributed by atoms with Crippen molar-refractivity contribution in [2.24, 2.45) is 0 Å². The smallest absolute Gasteiger partial charge is 0.163 e. The third kappa shape index (κ3) is 2.49. The van der Waals surface area contributed by atoms with Crippen molar-refractivity contribution in [2.75, 3.05) is 11.5 Å². The van der Waals surface area contributed by atoms with Gasteiger partial charge in [0, 0.05) is 22.4 Å². The Labute approximate surface area is 148 Å². The topological polar surface area (TPSA) is 106 Å². The van der Waals surface area contributed by atoms with E-state index in [1.165, 1.54) is 4.52 Å². The largest absolute Gasteiger partial charge is 0.382 e. The number of rotatable bonds is 3. The molecule has 1 aromatic carbocycles. The Balaban J connectivity index is 1.99. The second-order valence-corrected chi connectivity index (χ2v) is 6.59. The molecule has 4 rings (SSSR count). The maximum atomic E-state index is 9.56. The lowest BCUT2D eigenvalue weighted by molar-refractivity contribution is 0.955. The number of hydrogen-bond donors (Lipinski definition) is 2. The molecule has 0 amide bonds. The summed E-state index contributed by atoms with van der Waals surface area (Å²) >= 11 is 1.65. The first kappa shape index (κ1) is 15.2. The van der Waals surface area contributed by atoms with Crippen molar-refractivity contribution in [3.63, 3.8) is 0 Å². The molecule has 4 aromatic rings. The number of hydrogen-bond acceptors (Lipinski definition) is 6. The molecule has 0 radical (unpaired) electrons. The van der Waals surface area contributed by atoms with Crippen LogP contribution < -0.4 is 11.5 Å². The van der Waals surface area contributed by atoms with E-state index in [1.807, 2.05) is 47.8 Å². The highest BCUT2D eigenvalue weighted by molar-refractivity contribution is 7.09. The summed E-state index contributed by atoms with van der Waals surface area (Å²) in [6.07, 6.45) is 0.625. The minimum absolute atomic E-state index is 0.246. The molecular formula is C18H14N6S. The van der Waals surface area contributed by atoms with Gasteiger partial charge in [0.2, 0.25) is 0 Å². The van der Waals surface area contributed by atoms with E-state index < -0.39 is 0 Å². The van der Waals surface area contributed by atoms with Crippen LogP contribution in [0.25, 0.3) is 16.9 Å². The molecule has 0 aliphatic rings. The summed E-state index contributed by atoms with van der Waals surface area (Å²) in [6.45, 7) is 0. The second kappa shape index (κ2) is 5.92. The molecule has 0 saturated carbocycles. The van der Waals surface area contributed by atoms with Gasteiger partial charge in [-0.1, -0.05) is 36.4 Å². The van der Waals surface area contributed by atoms with Crippen LogP contribution in [0.4, 0.5) is 11.6 Å². The first-order valence-electron chi connectivity index (χ1n) is 7.63. The minimum atomic E-state index is 0.246. The molecule has 0 saturated heterocycles. The number of nitrogens with two attached hydrogens (primary N) is 2. The molecule has 0 bridgehead atoms. The highest BCUT2D eigenvalue weighted by Gasteiger charge is 2.20. The lowest BCUT2D eigenvalue weighted by atomic mass is 10.1. The summed E-state index contributed by atoms with van der Waals surface area (Å²) in [5.74, 6) is 0.622. The standard InChI is InChI=1S/C18H14N6S/c19-10-14-15(11-5-2-1-3-6-11)22-18-13(9-12-7-4-8-25-12)16(20)23-24(18)17(14)21/h1-8H,9,21H2,(H2,20,23). The van der Waals surface area contributed by atoms with Crippen LogP contribution in [0.2, 0.25) is 0 Å². The van der Waals surface area contributed by atoms with E-state index in [2.05, 4.69) is 11.2 Å². The monoisotopic (exact) mass is 346 g/mol. The zero-order valence-corrected chi connectivity index (χ0v) is 14.0. The van der Waals surface area contributed by atoms with E-state index >= 15 is 0 Å². The van der Waals surface area contributed by atoms with Crippen LogP contribution in [0.3, 0.4) is 0 Å². The van der Waals surface area contributed by atoms with Crippen molar-refractivity contribution in [1.82, 2.24) is 14.6 Å².